The number of aliphatic hydroxyl groups excluding tert-OH is 6. The Balaban J connectivity index is -0.00000112. The summed E-state index contributed by atoms with van der Waals surface area (Å²) in [6.07, 6.45) is -11.4. The molecule has 0 bridgehead atoms. The molecular weight excluding hydrogens is 249 g/mol. The second-order valence-electron chi connectivity index (χ2n) is 3.12. The van der Waals surface area contributed by atoms with Gasteiger partial charge in [-0.05, 0) is 0 Å². The number of aliphatic hydroxyl groups is 6. The van der Waals surface area contributed by atoms with Crippen LogP contribution in [0.2, 0.25) is 0 Å². The van der Waals surface area contributed by atoms with Gasteiger partial charge >= 0.3 is 35.7 Å². The second-order valence-corrected chi connectivity index (χ2v) is 3.12. The first kappa shape index (κ1) is 19.4. The minimum atomic E-state index is -2.05. The van der Waals surface area contributed by atoms with Gasteiger partial charge < -0.3 is 37.2 Å². The van der Waals surface area contributed by atoms with Gasteiger partial charge in [0.1, 0.15) is 24.4 Å². The van der Waals surface area contributed by atoms with Crippen molar-refractivity contribution in [1.82, 2.24) is 5.32 Å². The van der Waals surface area contributed by atoms with E-state index in [1.165, 1.54) is 5.32 Å². The first-order chi connectivity index (χ1) is 7.31. The Labute approximate surface area is 120 Å². The van der Waals surface area contributed by atoms with Gasteiger partial charge in [0.2, 0.25) is 0 Å². The van der Waals surface area contributed by atoms with Gasteiger partial charge in [0.15, 0.2) is 6.23 Å². The molecule has 98 valence electrons. The van der Waals surface area contributed by atoms with E-state index in [1.54, 1.807) is 0 Å². The van der Waals surface area contributed by atoms with Gasteiger partial charge in [0.25, 0.3) is 0 Å². The molecule has 0 aliphatic heterocycles. The van der Waals surface area contributed by atoms with E-state index in [4.69, 9.17) is 25.5 Å². The molecule has 9 nitrogen and oxygen atoms in total. The van der Waals surface area contributed by atoms with Crippen molar-refractivity contribution in [2.45, 2.75) is 30.6 Å². The van der Waals surface area contributed by atoms with Crippen LogP contribution in [0.3, 0.4) is 0 Å². The van der Waals surface area contributed by atoms with Crippen molar-refractivity contribution in [2.24, 2.45) is 0 Å². The Morgan fingerprint density at radius 3 is 1.88 bits per heavy atom. The zero-order valence-corrected chi connectivity index (χ0v) is 11.1. The van der Waals surface area contributed by atoms with Crippen molar-refractivity contribution in [3.8, 4) is 0 Å². The summed E-state index contributed by atoms with van der Waals surface area (Å²) in [5, 5.41) is 63.5. The van der Waals surface area contributed by atoms with Crippen LogP contribution in [0.25, 0.3) is 0 Å². The van der Waals surface area contributed by atoms with Crippen molar-refractivity contribution in [2.75, 3.05) is 6.61 Å². The summed E-state index contributed by atoms with van der Waals surface area (Å²) in [4.78, 5) is 10.1. The normalized spacial score (nSPS) is 19.4. The van der Waals surface area contributed by atoms with E-state index in [0.717, 1.165) is 0 Å². The van der Waals surface area contributed by atoms with Crippen LogP contribution in [-0.4, -0.2) is 79.1 Å². The van der Waals surface area contributed by atoms with E-state index in [2.05, 4.69) is 0 Å². The summed E-state index contributed by atoms with van der Waals surface area (Å²) in [7, 11) is 0. The summed E-state index contributed by atoms with van der Waals surface area (Å²) < 4.78 is 0. The summed E-state index contributed by atoms with van der Waals surface area (Å²) in [6.45, 7) is -0.868. The number of amides is 1. The predicted octanol–water partition coefficient (Wildman–Crippen LogP) is -6.88. The first-order valence-electron chi connectivity index (χ1n) is 4.32. The Morgan fingerprint density at radius 2 is 1.53 bits per heavy atom. The van der Waals surface area contributed by atoms with Crippen molar-refractivity contribution < 1.29 is 71.5 Å². The molecule has 1 unspecified atom stereocenters. The molecular formula is C7H16NNaO8. The smallest absolute Gasteiger partial charge is 1.00 e. The van der Waals surface area contributed by atoms with Crippen molar-refractivity contribution >= 4 is 6.09 Å². The maximum atomic E-state index is 10.1. The SMILES string of the molecule is O=C(O)NC(O)[C@@H](O)[C@@H](O)[C@H](O)[C@H](O)CO.[H-].[Na+]. The first-order valence-corrected chi connectivity index (χ1v) is 4.32. The van der Waals surface area contributed by atoms with Crippen molar-refractivity contribution in [3.63, 3.8) is 0 Å². The van der Waals surface area contributed by atoms with Crippen LogP contribution in [0.15, 0.2) is 0 Å². The Hall–Kier alpha value is 0.0300. The molecule has 0 heterocycles. The van der Waals surface area contributed by atoms with E-state index in [9.17, 15) is 15.0 Å². The molecule has 0 spiro atoms. The minimum absolute atomic E-state index is 0. The van der Waals surface area contributed by atoms with Crippen LogP contribution in [0, 0.1) is 0 Å². The van der Waals surface area contributed by atoms with Gasteiger partial charge in [0.05, 0.1) is 6.61 Å². The molecule has 5 atom stereocenters. The maximum absolute atomic E-state index is 10.1. The molecule has 0 rings (SSSR count). The van der Waals surface area contributed by atoms with E-state index < -0.39 is 43.3 Å². The molecule has 0 aromatic carbocycles. The number of hydrogen-bond acceptors (Lipinski definition) is 7. The number of hydrogen-bond donors (Lipinski definition) is 8. The average molecular weight is 265 g/mol. The molecule has 1 amide bonds. The molecule has 0 saturated heterocycles. The van der Waals surface area contributed by atoms with Crippen LogP contribution in [0.4, 0.5) is 4.79 Å². The van der Waals surface area contributed by atoms with Crippen LogP contribution in [-0.2, 0) is 0 Å². The third-order valence-corrected chi connectivity index (χ3v) is 1.88. The number of rotatable bonds is 6. The van der Waals surface area contributed by atoms with Gasteiger partial charge in [-0.25, -0.2) is 4.79 Å². The third kappa shape index (κ3) is 6.50. The van der Waals surface area contributed by atoms with Crippen LogP contribution < -0.4 is 34.9 Å². The molecule has 17 heavy (non-hydrogen) atoms. The predicted molar refractivity (Wildman–Crippen MR) is 49.4 cm³/mol. The van der Waals surface area contributed by atoms with Gasteiger partial charge in [-0.2, -0.15) is 0 Å². The summed E-state index contributed by atoms with van der Waals surface area (Å²) in [5.74, 6) is 0. The Morgan fingerprint density at radius 1 is 1.06 bits per heavy atom. The molecule has 0 fully saturated rings. The third-order valence-electron chi connectivity index (χ3n) is 1.88. The van der Waals surface area contributed by atoms with Crippen LogP contribution in [0.5, 0.6) is 0 Å². The maximum Gasteiger partial charge on any atom is 1.00 e. The largest absolute Gasteiger partial charge is 1.00 e. The monoisotopic (exact) mass is 265 g/mol. The van der Waals surface area contributed by atoms with E-state index in [-0.39, 0.29) is 31.0 Å². The molecule has 10 heteroatoms. The number of carboxylic acid groups (broad SMARTS) is 1. The minimum Gasteiger partial charge on any atom is -1.00 e. The van der Waals surface area contributed by atoms with E-state index >= 15 is 0 Å². The standard InChI is InChI=1S/C7H15NO8.Na.H/c9-1-2(10)3(11)4(12)5(13)6(14)8-7(15)16;;/h2-6,8-14H,1H2,(H,15,16);;/q;+1;-1/t2-,3-,4+,5+,6?;;/m1../s1. The molecule has 0 aromatic rings. The molecule has 0 aliphatic carbocycles. The van der Waals surface area contributed by atoms with Crippen molar-refractivity contribution in [3.05, 3.63) is 0 Å². The van der Waals surface area contributed by atoms with E-state index in [0.29, 0.717) is 0 Å². The molecule has 0 saturated carbocycles. The molecule has 0 aromatic heterocycles. The molecule has 0 aliphatic rings. The fourth-order valence-electron chi connectivity index (χ4n) is 0.936. The zero-order valence-electron chi connectivity index (χ0n) is 10.1. The molecule has 0 radical (unpaired) electrons. The summed E-state index contributed by atoms with van der Waals surface area (Å²) in [5.41, 5.74) is 0. The number of carbonyl (C=O) groups is 1. The van der Waals surface area contributed by atoms with Gasteiger partial charge in [-0.15, -0.1) is 0 Å². The summed E-state index contributed by atoms with van der Waals surface area (Å²) in [6, 6.07) is 0. The van der Waals surface area contributed by atoms with Crippen molar-refractivity contribution in [1.29, 1.82) is 0 Å². The number of nitrogens with one attached hydrogen (secondary N) is 1. The van der Waals surface area contributed by atoms with Gasteiger partial charge in [-0.3, -0.25) is 5.32 Å². The van der Waals surface area contributed by atoms with Crippen LogP contribution >= 0.6 is 0 Å². The van der Waals surface area contributed by atoms with E-state index in [1.807, 2.05) is 0 Å². The Kier molecular flexibility index (Phi) is 10.3. The average Bonchev–Trinajstić information content (AvgIpc) is 2.23. The zero-order chi connectivity index (χ0) is 12.9. The second kappa shape index (κ2) is 9.03. The van der Waals surface area contributed by atoms with Gasteiger partial charge in [-0.1, -0.05) is 0 Å². The molecule has 8 N–H and O–H groups in total. The quantitative estimate of drug-likeness (QED) is 0.173. The fourth-order valence-corrected chi connectivity index (χ4v) is 0.936. The van der Waals surface area contributed by atoms with Crippen LogP contribution in [0.1, 0.15) is 1.43 Å². The summed E-state index contributed by atoms with van der Waals surface area (Å²) >= 11 is 0. The fraction of sp³-hybridized carbons (Fsp3) is 0.857. The topological polar surface area (TPSA) is 171 Å². The van der Waals surface area contributed by atoms with Gasteiger partial charge in [0, 0.05) is 0 Å². The Bertz CT molecular complexity index is 235.